The van der Waals surface area contributed by atoms with Crippen LogP contribution in [0.5, 0.6) is 5.75 Å². The van der Waals surface area contributed by atoms with E-state index < -0.39 is 17.5 Å². The Bertz CT molecular complexity index is 1000. The van der Waals surface area contributed by atoms with Crippen LogP contribution in [0.1, 0.15) is 0 Å². The molecular formula is C15H8Cl2N2O6. The Labute approximate surface area is 149 Å². The van der Waals surface area contributed by atoms with Gasteiger partial charge >= 0.3 is 5.97 Å². The maximum atomic E-state index is 10.9. The van der Waals surface area contributed by atoms with Crippen molar-refractivity contribution in [2.75, 3.05) is 6.61 Å². The average molecular weight is 383 g/mol. The van der Waals surface area contributed by atoms with Gasteiger partial charge in [0.15, 0.2) is 12.2 Å². The molecule has 3 rings (SSSR count). The number of hydrogen-bond donors (Lipinski definition) is 1. The number of halogens is 2. The minimum atomic E-state index is -1.16. The summed E-state index contributed by atoms with van der Waals surface area (Å²) in [4.78, 5) is 21.0. The summed E-state index contributed by atoms with van der Waals surface area (Å²) in [7, 11) is 0. The first-order valence-corrected chi connectivity index (χ1v) is 7.51. The molecule has 0 radical (unpaired) electrons. The molecule has 8 nitrogen and oxygen atoms in total. The van der Waals surface area contributed by atoms with E-state index in [0.717, 1.165) is 0 Å². The highest BCUT2D eigenvalue weighted by molar-refractivity contribution is 6.44. The van der Waals surface area contributed by atoms with E-state index in [1.54, 1.807) is 0 Å². The third-order valence-corrected chi connectivity index (χ3v) is 4.18. The molecule has 0 saturated carbocycles. The molecule has 0 bridgehead atoms. The topological polar surface area (TPSA) is 116 Å². The highest BCUT2D eigenvalue weighted by Gasteiger charge is 2.20. The van der Waals surface area contributed by atoms with E-state index in [1.807, 2.05) is 0 Å². The Morgan fingerprint density at radius 1 is 1.28 bits per heavy atom. The van der Waals surface area contributed by atoms with Crippen LogP contribution in [-0.4, -0.2) is 27.8 Å². The van der Waals surface area contributed by atoms with E-state index >= 15 is 0 Å². The minimum absolute atomic E-state index is 0.00185. The zero-order chi connectivity index (χ0) is 18.1. The predicted molar refractivity (Wildman–Crippen MR) is 89.3 cm³/mol. The minimum Gasteiger partial charge on any atom is -0.480 e. The summed E-state index contributed by atoms with van der Waals surface area (Å²) < 4.78 is 10.2. The Morgan fingerprint density at radius 3 is 2.72 bits per heavy atom. The summed E-state index contributed by atoms with van der Waals surface area (Å²) in [5, 5.41) is 24.0. The number of rotatable bonds is 5. The maximum absolute atomic E-state index is 10.9. The largest absolute Gasteiger partial charge is 0.480 e. The average Bonchev–Trinajstić information content (AvgIpc) is 2.99. The Kier molecular flexibility index (Phi) is 4.47. The first-order valence-electron chi connectivity index (χ1n) is 6.75. The maximum Gasteiger partial charge on any atom is 0.341 e. The zero-order valence-corrected chi connectivity index (χ0v) is 13.7. The summed E-state index contributed by atoms with van der Waals surface area (Å²) in [5.41, 5.74) is 0.864. The molecule has 0 aliphatic heterocycles. The molecule has 1 heterocycles. The summed E-state index contributed by atoms with van der Waals surface area (Å²) in [6, 6.07) is 7.00. The van der Waals surface area contributed by atoms with Gasteiger partial charge in [0.05, 0.1) is 15.3 Å². The molecule has 0 amide bonds. The monoisotopic (exact) mass is 382 g/mol. The van der Waals surface area contributed by atoms with E-state index in [9.17, 15) is 14.9 Å². The Hall–Kier alpha value is -2.84. The van der Waals surface area contributed by atoms with Crippen LogP contribution in [0.4, 0.5) is 5.69 Å². The van der Waals surface area contributed by atoms with Crippen molar-refractivity contribution in [3.63, 3.8) is 0 Å². The van der Waals surface area contributed by atoms with Crippen LogP contribution < -0.4 is 4.74 Å². The van der Waals surface area contributed by atoms with Gasteiger partial charge in [0, 0.05) is 17.7 Å². The number of carboxylic acid groups (broad SMARTS) is 1. The number of carboxylic acids is 1. The Morgan fingerprint density at radius 2 is 2.04 bits per heavy atom. The fourth-order valence-electron chi connectivity index (χ4n) is 2.20. The van der Waals surface area contributed by atoms with Crippen molar-refractivity contribution in [3.8, 4) is 17.0 Å². The van der Waals surface area contributed by atoms with E-state index in [1.165, 1.54) is 30.3 Å². The molecule has 0 saturated heterocycles. The van der Waals surface area contributed by atoms with Crippen molar-refractivity contribution in [2.24, 2.45) is 0 Å². The number of hydrogen-bond acceptors (Lipinski definition) is 6. The molecule has 0 fully saturated rings. The molecule has 1 N–H and O–H groups in total. The fraction of sp³-hybridized carbons (Fsp3) is 0.0667. The number of ether oxygens (including phenoxy) is 1. The molecular weight excluding hydrogens is 375 g/mol. The smallest absolute Gasteiger partial charge is 0.341 e. The number of nitro benzene ring substituents is 1. The van der Waals surface area contributed by atoms with Crippen LogP contribution in [0.15, 0.2) is 34.9 Å². The van der Waals surface area contributed by atoms with E-state index in [2.05, 4.69) is 5.16 Å². The van der Waals surface area contributed by atoms with Gasteiger partial charge in [0.25, 0.3) is 5.69 Å². The van der Waals surface area contributed by atoms with Crippen molar-refractivity contribution >= 4 is 45.8 Å². The summed E-state index contributed by atoms with van der Waals surface area (Å²) in [6.07, 6.45) is 0. The molecule has 3 aromatic rings. The van der Waals surface area contributed by atoms with Crippen LogP contribution in [-0.2, 0) is 4.79 Å². The number of nitrogens with zero attached hydrogens (tertiary/aromatic N) is 2. The molecule has 1 aromatic heterocycles. The third kappa shape index (κ3) is 3.21. The number of aromatic nitrogens is 1. The van der Waals surface area contributed by atoms with Crippen LogP contribution in [0.25, 0.3) is 22.2 Å². The second kappa shape index (κ2) is 6.58. The molecule has 0 atom stereocenters. The number of fused-ring (bicyclic) bond motifs is 1. The SMILES string of the molecule is O=C(O)COc1ccc(-c2noc3ccc([N+](=O)[O-])cc23)c(Cl)c1Cl. The fourth-order valence-corrected chi connectivity index (χ4v) is 2.67. The molecule has 0 aliphatic carbocycles. The van der Waals surface area contributed by atoms with Crippen molar-refractivity contribution in [1.29, 1.82) is 0 Å². The quantitative estimate of drug-likeness (QED) is 0.519. The lowest BCUT2D eigenvalue weighted by Crippen LogP contribution is -2.09. The second-order valence-corrected chi connectivity index (χ2v) is 5.65. The van der Waals surface area contributed by atoms with Gasteiger partial charge in [-0.15, -0.1) is 0 Å². The van der Waals surface area contributed by atoms with Gasteiger partial charge in [-0.1, -0.05) is 28.4 Å². The van der Waals surface area contributed by atoms with Crippen molar-refractivity contribution < 1.29 is 24.1 Å². The molecule has 0 aliphatic rings. The van der Waals surface area contributed by atoms with Crippen LogP contribution in [0.3, 0.4) is 0 Å². The molecule has 128 valence electrons. The number of nitro groups is 1. The third-order valence-electron chi connectivity index (χ3n) is 3.32. The van der Waals surface area contributed by atoms with Gasteiger partial charge < -0.3 is 14.4 Å². The standard InChI is InChI=1S/C15H8Cl2N2O6/c16-13-8(2-4-11(14(13)17)24-6-12(20)21)15-9-5-7(19(22)23)1-3-10(9)25-18-15/h1-5H,6H2,(H,20,21). The molecule has 10 heteroatoms. The summed E-state index contributed by atoms with van der Waals surface area (Å²) >= 11 is 12.3. The number of benzene rings is 2. The molecule has 0 unspecified atom stereocenters. The van der Waals surface area contributed by atoms with E-state index in [-0.39, 0.29) is 27.2 Å². The summed E-state index contributed by atoms with van der Waals surface area (Å²) in [6.45, 7) is -0.575. The number of non-ortho nitro benzene ring substituents is 1. The van der Waals surface area contributed by atoms with Crippen molar-refractivity contribution in [1.82, 2.24) is 5.16 Å². The van der Waals surface area contributed by atoms with Gasteiger partial charge in [-0.3, -0.25) is 10.1 Å². The normalized spacial score (nSPS) is 10.8. The highest BCUT2D eigenvalue weighted by atomic mass is 35.5. The van der Waals surface area contributed by atoms with Gasteiger partial charge in [0.2, 0.25) is 0 Å². The van der Waals surface area contributed by atoms with Crippen molar-refractivity contribution in [3.05, 3.63) is 50.5 Å². The molecule has 25 heavy (non-hydrogen) atoms. The number of carbonyl (C=O) groups is 1. The van der Waals surface area contributed by atoms with Crippen LogP contribution in [0, 0.1) is 10.1 Å². The van der Waals surface area contributed by atoms with Gasteiger partial charge in [-0.05, 0) is 18.2 Å². The first kappa shape index (κ1) is 17.0. The summed E-state index contributed by atoms with van der Waals surface area (Å²) in [5.74, 6) is -1.07. The van der Waals surface area contributed by atoms with Crippen LogP contribution in [0.2, 0.25) is 10.0 Å². The van der Waals surface area contributed by atoms with E-state index in [4.69, 9.17) is 37.6 Å². The van der Waals surface area contributed by atoms with E-state index in [0.29, 0.717) is 16.5 Å². The second-order valence-electron chi connectivity index (χ2n) is 4.89. The van der Waals surface area contributed by atoms with Crippen molar-refractivity contribution in [2.45, 2.75) is 0 Å². The lowest BCUT2D eigenvalue weighted by molar-refractivity contribution is -0.384. The van der Waals surface area contributed by atoms with Gasteiger partial charge in [-0.2, -0.15) is 0 Å². The lowest BCUT2D eigenvalue weighted by atomic mass is 10.1. The predicted octanol–water partition coefficient (Wildman–Crippen LogP) is 4.17. The highest BCUT2D eigenvalue weighted by Crippen LogP contribution is 2.41. The number of aliphatic carboxylic acids is 1. The van der Waals surface area contributed by atoms with Gasteiger partial charge in [-0.25, -0.2) is 4.79 Å². The Balaban J connectivity index is 2.09. The molecule has 0 spiro atoms. The van der Waals surface area contributed by atoms with Crippen LogP contribution >= 0.6 is 23.2 Å². The zero-order valence-electron chi connectivity index (χ0n) is 12.2. The van der Waals surface area contributed by atoms with Gasteiger partial charge in [0.1, 0.15) is 16.5 Å². The molecule has 2 aromatic carbocycles. The lowest BCUT2D eigenvalue weighted by Gasteiger charge is -2.09. The first-order chi connectivity index (χ1) is 11.9.